The molecule has 7 nitrogen and oxygen atoms in total. The predicted octanol–water partition coefficient (Wildman–Crippen LogP) is 5.08. The lowest BCUT2D eigenvalue weighted by Crippen LogP contribution is -2.20. The molecule has 0 unspecified atom stereocenters. The van der Waals surface area contributed by atoms with Crippen LogP contribution in [0.3, 0.4) is 0 Å². The molecule has 0 atom stereocenters. The Hall–Kier alpha value is -2.82. The lowest BCUT2D eigenvalue weighted by molar-refractivity contribution is 0.415. The molecule has 3 rings (SSSR count). The van der Waals surface area contributed by atoms with Crippen LogP contribution in [0.4, 0.5) is 17.1 Å². The van der Waals surface area contributed by atoms with Crippen molar-refractivity contribution < 1.29 is 17.9 Å². The molecule has 31 heavy (non-hydrogen) atoms. The Morgan fingerprint density at radius 1 is 0.903 bits per heavy atom. The van der Waals surface area contributed by atoms with Crippen molar-refractivity contribution in [3.63, 3.8) is 0 Å². The number of rotatable bonds is 7. The second kappa shape index (κ2) is 9.99. The van der Waals surface area contributed by atoms with Gasteiger partial charge < -0.3 is 20.1 Å². The number of hydrogen-bond donors (Lipinski definition) is 3. The molecule has 3 N–H and O–H groups in total. The number of hydrogen-bond acceptors (Lipinski definition) is 5. The van der Waals surface area contributed by atoms with Crippen molar-refractivity contribution in [2.75, 3.05) is 29.6 Å². The standard InChI is InChI=1S/C21H20BrN3O4S2/c1-28-17-5-3-4-16(12-17)23-21(30)24-19-11-10-18(13-20(19)29-2)31(26,27)25-15-8-6-14(22)7-9-15/h3-13,25H,1-2H3,(H2,23,24,30). The van der Waals surface area contributed by atoms with E-state index in [-0.39, 0.29) is 4.90 Å². The second-order valence-corrected chi connectivity index (χ2v) is 9.29. The Bertz CT molecular complexity index is 1190. The summed E-state index contributed by atoms with van der Waals surface area (Å²) in [5.74, 6) is 1.02. The maximum absolute atomic E-state index is 12.7. The lowest BCUT2D eigenvalue weighted by Gasteiger charge is -2.15. The largest absolute Gasteiger partial charge is 0.497 e. The van der Waals surface area contributed by atoms with E-state index in [1.54, 1.807) is 43.5 Å². The van der Waals surface area contributed by atoms with Gasteiger partial charge in [0, 0.05) is 28.0 Å². The first-order chi connectivity index (χ1) is 14.8. The molecule has 0 saturated heterocycles. The van der Waals surface area contributed by atoms with E-state index in [0.29, 0.717) is 28.0 Å². The third-order valence-electron chi connectivity index (χ3n) is 4.16. The predicted molar refractivity (Wildman–Crippen MR) is 131 cm³/mol. The van der Waals surface area contributed by atoms with Crippen LogP contribution in [0.2, 0.25) is 0 Å². The van der Waals surface area contributed by atoms with E-state index in [1.807, 2.05) is 18.2 Å². The van der Waals surface area contributed by atoms with Crippen LogP contribution in [0.1, 0.15) is 0 Å². The van der Waals surface area contributed by atoms with E-state index < -0.39 is 10.0 Å². The Balaban J connectivity index is 1.75. The molecule has 0 aliphatic rings. The van der Waals surface area contributed by atoms with Crippen LogP contribution in [0, 0.1) is 0 Å². The van der Waals surface area contributed by atoms with Gasteiger partial charge >= 0.3 is 0 Å². The highest BCUT2D eigenvalue weighted by Gasteiger charge is 2.17. The first-order valence-electron chi connectivity index (χ1n) is 8.99. The zero-order valence-corrected chi connectivity index (χ0v) is 19.9. The molecule has 0 fully saturated rings. The summed E-state index contributed by atoms with van der Waals surface area (Å²) in [5, 5.41) is 6.38. The average molecular weight is 522 g/mol. The number of thiocarbonyl (C=S) groups is 1. The van der Waals surface area contributed by atoms with E-state index in [4.69, 9.17) is 21.7 Å². The first-order valence-corrected chi connectivity index (χ1v) is 11.7. The zero-order valence-electron chi connectivity index (χ0n) is 16.7. The molecule has 0 bridgehead atoms. The monoisotopic (exact) mass is 521 g/mol. The zero-order chi connectivity index (χ0) is 22.4. The summed E-state index contributed by atoms with van der Waals surface area (Å²) >= 11 is 8.68. The number of sulfonamides is 1. The van der Waals surface area contributed by atoms with Crippen molar-refractivity contribution in [2.24, 2.45) is 0 Å². The molecule has 162 valence electrons. The van der Waals surface area contributed by atoms with Gasteiger partial charge in [-0.3, -0.25) is 4.72 Å². The Morgan fingerprint density at radius 3 is 2.32 bits per heavy atom. The molecule has 0 heterocycles. The summed E-state index contributed by atoms with van der Waals surface area (Å²) in [6.07, 6.45) is 0. The lowest BCUT2D eigenvalue weighted by atomic mass is 10.3. The van der Waals surface area contributed by atoms with Crippen LogP contribution in [0.15, 0.2) is 76.1 Å². The van der Waals surface area contributed by atoms with E-state index >= 15 is 0 Å². The molecule has 10 heteroatoms. The fraction of sp³-hybridized carbons (Fsp3) is 0.0952. The summed E-state index contributed by atoms with van der Waals surface area (Å²) in [5.41, 5.74) is 1.72. The minimum absolute atomic E-state index is 0.0597. The second-order valence-electron chi connectivity index (χ2n) is 6.29. The topological polar surface area (TPSA) is 88.7 Å². The maximum Gasteiger partial charge on any atom is 0.262 e. The smallest absolute Gasteiger partial charge is 0.262 e. The van der Waals surface area contributed by atoms with E-state index in [9.17, 15) is 8.42 Å². The SMILES string of the molecule is COc1cccc(NC(=S)Nc2ccc(S(=O)(=O)Nc3ccc(Br)cc3)cc2OC)c1. The average Bonchev–Trinajstić information content (AvgIpc) is 2.75. The van der Waals surface area contributed by atoms with Gasteiger partial charge in [-0.1, -0.05) is 22.0 Å². The number of ether oxygens (including phenoxy) is 2. The third-order valence-corrected chi connectivity index (χ3v) is 6.27. The normalized spacial score (nSPS) is 10.8. The van der Waals surface area contributed by atoms with E-state index in [1.165, 1.54) is 19.2 Å². The number of anilines is 3. The molecule has 0 amide bonds. The third kappa shape index (κ3) is 6.09. The molecule has 0 saturated carbocycles. The number of nitrogens with one attached hydrogen (secondary N) is 3. The van der Waals surface area contributed by atoms with Crippen molar-refractivity contribution >= 4 is 60.3 Å². The van der Waals surface area contributed by atoms with Gasteiger partial charge in [-0.2, -0.15) is 0 Å². The van der Waals surface area contributed by atoms with Gasteiger partial charge in [0.2, 0.25) is 0 Å². The van der Waals surface area contributed by atoms with Crippen LogP contribution >= 0.6 is 28.1 Å². The molecule has 3 aromatic rings. The first kappa shape index (κ1) is 22.9. The molecule has 0 radical (unpaired) electrons. The summed E-state index contributed by atoms with van der Waals surface area (Å²) < 4.78 is 39.4. The molecule has 0 aliphatic heterocycles. The van der Waals surface area contributed by atoms with Gasteiger partial charge in [-0.15, -0.1) is 0 Å². The Kier molecular flexibility index (Phi) is 7.37. The summed E-state index contributed by atoms with van der Waals surface area (Å²) in [6, 6.07) is 18.6. The number of methoxy groups -OCH3 is 2. The number of halogens is 1. The van der Waals surface area contributed by atoms with Crippen molar-refractivity contribution in [2.45, 2.75) is 4.90 Å². The molecule has 0 aliphatic carbocycles. The van der Waals surface area contributed by atoms with E-state index in [0.717, 1.165) is 10.2 Å². The molecular formula is C21H20BrN3O4S2. The van der Waals surface area contributed by atoms with E-state index in [2.05, 4.69) is 31.3 Å². The van der Waals surface area contributed by atoms with Gasteiger partial charge in [-0.25, -0.2) is 8.42 Å². The summed E-state index contributed by atoms with van der Waals surface area (Å²) in [7, 11) is -0.755. The van der Waals surface area contributed by atoms with Gasteiger partial charge in [0.15, 0.2) is 5.11 Å². The molecule has 0 aromatic heterocycles. The highest BCUT2D eigenvalue weighted by atomic mass is 79.9. The van der Waals surface area contributed by atoms with Crippen molar-refractivity contribution in [1.29, 1.82) is 0 Å². The number of benzene rings is 3. The van der Waals surface area contributed by atoms with Crippen LogP contribution in [-0.4, -0.2) is 27.7 Å². The van der Waals surface area contributed by atoms with Gasteiger partial charge in [-0.05, 0) is 60.7 Å². The molecular weight excluding hydrogens is 502 g/mol. The highest BCUT2D eigenvalue weighted by Crippen LogP contribution is 2.29. The van der Waals surface area contributed by atoms with Crippen molar-refractivity contribution in [1.82, 2.24) is 0 Å². The summed E-state index contributed by atoms with van der Waals surface area (Å²) in [6.45, 7) is 0. The Morgan fingerprint density at radius 2 is 1.65 bits per heavy atom. The fourth-order valence-electron chi connectivity index (χ4n) is 2.66. The Labute approximate surface area is 195 Å². The van der Waals surface area contributed by atoms with Crippen LogP contribution in [0.5, 0.6) is 11.5 Å². The van der Waals surface area contributed by atoms with Crippen molar-refractivity contribution in [3.05, 3.63) is 71.2 Å². The van der Waals surface area contributed by atoms with Gasteiger partial charge in [0.25, 0.3) is 10.0 Å². The fourth-order valence-corrected chi connectivity index (χ4v) is 4.23. The van der Waals surface area contributed by atoms with Crippen LogP contribution in [-0.2, 0) is 10.0 Å². The summed E-state index contributed by atoms with van der Waals surface area (Å²) in [4.78, 5) is 0.0597. The minimum Gasteiger partial charge on any atom is -0.497 e. The quantitative estimate of drug-likeness (QED) is 0.373. The van der Waals surface area contributed by atoms with Gasteiger partial charge in [0.1, 0.15) is 11.5 Å². The van der Waals surface area contributed by atoms with Gasteiger partial charge in [0.05, 0.1) is 24.8 Å². The highest BCUT2D eigenvalue weighted by molar-refractivity contribution is 9.10. The van der Waals surface area contributed by atoms with Crippen LogP contribution in [0.25, 0.3) is 0 Å². The molecule has 3 aromatic carbocycles. The minimum atomic E-state index is -3.80. The molecule has 0 spiro atoms. The maximum atomic E-state index is 12.7. The van der Waals surface area contributed by atoms with Crippen molar-refractivity contribution in [3.8, 4) is 11.5 Å². The van der Waals surface area contributed by atoms with Crippen LogP contribution < -0.4 is 24.8 Å².